The van der Waals surface area contributed by atoms with Crippen LogP contribution in [0.25, 0.3) is 0 Å². The molecular weight excluding hydrogens is 452 g/mol. The molecule has 0 spiro atoms. The Kier molecular flexibility index (Phi) is 19.7. The summed E-state index contributed by atoms with van der Waals surface area (Å²) in [7, 11) is 0. The number of amides is 4. The van der Waals surface area contributed by atoms with Gasteiger partial charge in [-0.25, -0.2) is 0 Å². The Morgan fingerprint density at radius 2 is 1.66 bits per heavy atom. The predicted molar refractivity (Wildman–Crippen MR) is 134 cm³/mol. The summed E-state index contributed by atoms with van der Waals surface area (Å²) >= 11 is 0. The Morgan fingerprint density at radius 1 is 1.09 bits per heavy atom. The third kappa shape index (κ3) is 21.7. The number of nitrogens with two attached hydrogens (primary N) is 1. The molecule has 0 saturated heterocycles. The van der Waals surface area contributed by atoms with Gasteiger partial charge >= 0.3 is 0 Å². The van der Waals surface area contributed by atoms with E-state index in [4.69, 9.17) is 15.6 Å². The van der Waals surface area contributed by atoms with Gasteiger partial charge < -0.3 is 26.8 Å². The molecule has 194 valence electrons. The molecule has 0 aliphatic heterocycles. The molecule has 0 aliphatic carbocycles. The zero-order valence-electron chi connectivity index (χ0n) is 21.1. The highest BCUT2D eigenvalue weighted by Crippen LogP contribution is 2.05. The van der Waals surface area contributed by atoms with Crippen molar-refractivity contribution < 1.29 is 29.1 Å². The molecule has 1 rings (SSSR count). The Morgan fingerprint density at radius 3 is 2.09 bits per heavy atom. The lowest BCUT2D eigenvalue weighted by atomic mass is 10.0. The molecule has 0 radical (unpaired) electrons. The highest BCUT2D eigenvalue weighted by molar-refractivity contribution is 5.97. The van der Waals surface area contributed by atoms with Crippen LogP contribution in [0.2, 0.25) is 0 Å². The number of rotatable bonds is 10. The molecule has 1 aromatic rings. The summed E-state index contributed by atoms with van der Waals surface area (Å²) in [4.78, 5) is 54.7. The SMILES string of the molecule is CC#CC(=O)NC(CC(C)C)C(=O)NCC(=O)NC(C)CCC(N)=O.Cc1ccccc1.O=CO. The molecule has 0 bridgehead atoms. The fraction of sp³-hybridized carbons (Fsp3) is 0.480. The van der Waals surface area contributed by atoms with Gasteiger partial charge in [-0.15, -0.1) is 0 Å². The van der Waals surface area contributed by atoms with Gasteiger partial charge in [0, 0.05) is 12.5 Å². The smallest absolute Gasteiger partial charge is 0.296 e. The summed E-state index contributed by atoms with van der Waals surface area (Å²) in [6, 6.07) is 9.27. The quantitative estimate of drug-likeness (QED) is 0.243. The maximum atomic E-state index is 12.2. The van der Waals surface area contributed by atoms with E-state index >= 15 is 0 Å². The summed E-state index contributed by atoms with van der Waals surface area (Å²) in [5.41, 5.74) is 6.37. The fourth-order valence-electron chi connectivity index (χ4n) is 2.59. The molecule has 1 aromatic carbocycles. The van der Waals surface area contributed by atoms with Crippen LogP contribution in [-0.2, 0) is 24.0 Å². The first kappa shape index (κ1) is 33.3. The zero-order valence-corrected chi connectivity index (χ0v) is 21.1. The molecule has 10 heteroatoms. The molecule has 10 nitrogen and oxygen atoms in total. The van der Waals surface area contributed by atoms with E-state index in [1.165, 1.54) is 12.5 Å². The molecule has 2 atom stereocenters. The average molecular weight is 491 g/mol. The van der Waals surface area contributed by atoms with Gasteiger partial charge in [-0.2, -0.15) is 0 Å². The van der Waals surface area contributed by atoms with Gasteiger partial charge in [0.1, 0.15) is 6.04 Å². The monoisotopic (exact) mass is 490 g/mol. The van der Waals surface area contributed by atoms with E-state index in [0.29, 0.717) is 12.8 Å². The standard InChI is InChI=1S/C17H28N4O4.C7H8.CH2O2/c1-5-6-15(23)21-13(9-11(2)3)17(25)19-10-16(24)20-12(4)7-8-14(18)22;1-7-5-3-2-4-6-7;2-1-3/h11-13H,7-10H2,1-4H3,(H2,18,22)(H,19,25)(H,20,24)(H,21,23);2-6H,1H3;1H,(H,2,3). The Bertz CT molecular complexity index is 847. The molecule has 35 heavy (non-hydrogen) atoms. The number of benzene rings is 1. The molecule has 0 fully saturated rings. The molecule has 4 amide bonds. The van der Waals surface area contributed by atoms with Crippen LogP contribution in [0.4, 0.5) is 0 Å². The molecule has 0 aromatic heterocycles. The number of hydrogen-bond acceptors (Lipinski definition) is 5. The minimum Gasteiger partial charge on any atom is -0.483 e. The number of aryl methyl sites for hydroxylation is 1. The lowest BCUT2D eigenvalue weighted by Gasteiger charge is -2.19. The number of hydrogen-bond donors (Lipinski definition) is 5. The van der Waals surface area contributed by atoms with Crippen molar-refractivity contribution in [2.75, 3.05) is 6.54 Å². The van der Waals surface area contributed by atoms with Crippen LogP contribution in [0.15, 0.2) is 30.3 Å². The average Bonchev–Trinajstić information content (AvgIpc) is 2.77. The van der Waals surface area contributed by atoms with Crippen molar-refractivity contribution in [1.29, 1.82) is 0 Å². The lowest BCUT2D eigenvalue weighted by molar-refractivity contribution is -0.129. The van der Waals surface area contributed by atoms with Gasteiger partial charge in [0.25, 0.3) is 12.4 Å². The van der Waals surface area contributed by atoms with Crippen LogP contribution in [0, 0.1) is 24.7 Å². The Labute approximate surface area is 207 Å². The molecule has 0 saturated carbocycles. The second-order valence-electron chi connectivity index (χ2n) is 7.98. The van der Waals surface area contributed by atoms with Crippen LogP contribution < -0.4 is 21.7 Å². The third-order valence-corrected chi connectivity index (χ3v) is 4.16. The second kappa shape index (κ2) is 20.7. The summed E-state index contributed by atoms with van der Waals surface area (Å²) in [5.74, 6) is 3.17. The molecule has 2 unspecified atom stereocenters. The topological polar surface area (TPSA) is 168 Å². The molecule has 6 N–H and O–H groups in total. The van der Waals surface area contributed by atoms with Crippen molar-refractivity contribution >= 4 is 30.1 Å². The first-order chi connectivity index (χ1) is 16.5. The van der Waals surface area contributed by atoms with E-state index in [-0.39, 0.29) is 37.3 Å². The minimum atomic E-state index is -0.756. The van der Waals surface area contributed by atoms with Gasteiger partial charge in [0.15, 0.2) is 0 Å². The van der Waals surface area contributed by atoms with Crippen LogP contribution in [0.1, 0.15) is 52.5 Å². The maximum Gasteiger partial charge on any atom is 0.296 e. The molecule has 0 heterocycles. The van der Waals surface area contributed by atoms with Crippen LogP contribution in [-0.4, -0.2) is 53.8 Å². The molecular formula is C25H38N4O6. The maximum absolute atomic E-state index is 12.2. The highest BCUT2D eigenvalue weighted by atomic mass is 16.3. The van der Waals surface area contributed by atoms with Crippen LogP contribution in [0.5, 0.6) is 0 Å². The van der Waals surface area contributed by atoms with E-state index in [1.807, 2.05) is 32.0 Å². The predicted octanol–water partition coefficient (Wildman–Crippen LogP) is 1.12. The van der Waals surface area contributed by atoms with E-state index in [9.17, 15) is 19.2 Å². The van der Waals surface area contributed by atoms with Gasteiger partial charge in [0.2, 0.25) is 17.7 Å². The van der Waals surface area contributed by atoms with E-state index in [0.717, 1.165) is 0 Å². The van der Waals surface area contributed by atoms with Crippen molar-refractivity contribution in [3.63, 3.8) is 0 Å². The molecule has 0 aliphatic rings. The highest BCUT2D eigenvalue weighted by Gasteiger charge is 2.22. The Hall–Kier alpha value is -3.87. The first-order valence-electron chi connectivity index (χ1n) is 11.1. The van der Waals surface area contributed by atoms with Gasteiger partial charge in [0.05, 0.1) is 6.54 Å². The second-order valence-corrected chi connectivity index (χ2v) is 7.98. The first-order valence-corrected chi connectivity index (χ1v) is 11.1. The Balaban J connectivity index is 0. The normalized spacial score (nSPS) is 10.9. The van der Waals surface area contributed by atoms with Gasteiger partial charge in [-0.3, -0.25) is 24.0 Å². The van der Waals surface area contributed by atoms with Crippen molar-refractivity contribution in [3.05, 3.63) is 35.9 Å². The van der Waals surface area contributed by atoms with E-state index in [1.54, 1.807) is 6.92 Å². The van der Waals surface area contributed by atoms with Crippen LogP contribution >= 0.6 is 0 Å². The summed E-state index contributed by atoms with van der Waals surface area (Å²) in [5, 5.41) is 14.6. The zero-order chi connectivity index (χ0) is 27.2. The minimum absolute atomic E-state index is 0.174. The van der Waals surface area contributed by atoms with Gasteiger partial charge in [-0.1, -0.05) is 55.7 Å². The summed E-state index contributed by atoms with van der Waals surface area (Å²) < 4.78 is 0. The van der Waals surface area contributed by atoms with Crippen molar-refractivity contribution in [2.45, 2.75) is 66.0 Å². The third-order valence-electron chi connectivity index (χ3n) is 4.16. The van der Waals surface area contributed by atoms with Crippen molar-refractivity contribution in [1.82, 2.24) is 16.0 Å². The van der Waals surface area contributed by atoms with Gasteiger partial charge in [-0.05, 0) is 45.5 Å². The fourth-order valence-corrected chi connectivity index (χ4v) is 2.59. The van der Waals surface area contributed by atoms with Crippen molar-refractivity contribution in [2.24, 2.45) is 11.7 Å². The number of carboxylic acid groups (broad SMARTS) is 1. The summed E-state index contributed by atoms with van der Waals surface area (Å²) in [6.45, 7) is 8.73. The summed E-state index contributed by atoms with van der Waals surface area (Å²) in [6.07, 6.45) is 1.03. The largest absolute Gasteiger partial charge is 0.483 e. The lowest BCUT2D eigenvalue weighted by Crippen LogP contribution is -2.50. The number of nitrogens with one attached hydrogen (secondary N) is 3. The number of carbonyl (C=O) groups excluding carboxylic acids is 4. The van der Waals surface area contributed by atoms with Crippen molar-refractivity contribution in [3.8, 4) is 11.8 Å². The van der Waals surface area contributed by atoms with Crippen LogP contribution in [0.3, 0.4) is 0 Å². The van der Waals surface area contributed by atoms with E-state index < -0.39 is 23.8 Å². The number of primary amides is 1. The number of carbonyl (C=O) groups is 5. The van der Waals surface area contributed by atoms with E-state index in [2.05, 4.69) is 46.8 Å².